The Labute approximate surface area is 211 Å². The molecule has 2 bridgehead atoms. The number of halogens is 1. The number of esters is 3. The minimum Gasteiger partial charge on any atom is -0.480 e. The molecule has 3 saturated heterocycles. The Kier molecular flexibility index (Phi) is 6.49. The van der Waals surface area contributed by atoms with Crippen molar-refractivity contribution in [1.82, 2.24) is 0 Å². The fourth-order valence-electron chi connectivity index (χ4n) is 5.52. The van der Waals surface area contributed by atoms with Crippen LogP contribution in [0.15, 0.2) is 30.9 Å². The van der Waals surface area contributed by atoms with Gasteiger partial charge in [0.2, 0.25) is 0 Å². The Bertz CT molecular complexity index is 1240. The number of ether oxygens (including phenoxy) is 5. The summed E-state index contributed by atoms with van der Waals surface area (Å²) in [5.41, 5.74) is -0.748. The van der Waals surface area contributed by atoms with Crippen molar-refractivity contribution >= 4 is 28.0 Å². The molecule has 3 heterocycles. The van der Waals surface area contributed by atoms with Crippen LogP contribution in [0.3, 0.4) is 0 Å². The van der Waals surface area contributed by atoms with Crippen LogP contribution in [0.25, 0.3) is 0 Å². The Morgan fingerprint density at radius 3 is 2.62 bits per heavy atom. The predicted molar refractivity (Wildman–Crippen MR) is 121 cm³/mol. The highest BCUT2D eigenvalue weighted by atomic mass is 32.2. The molecule has 1 aliphatic carbocycles. The van der Waals surface area contributed by atoms with E-state index in [0.717, 1.165) is 18.9 Å². The highest BCUT2D eigenvalue weighted by Gasteiger charge is 2.72. The number of rotatable bonds is 9. The van der Waals surface area contributed by atoms with E-state index in [1.165, 1.54) is 12.1 Å². The Morgan fingerprint density at radius 1 is 1.22 bits per heavy atom. The van der Waals surface area contributed by atoms with Crippen molar-refractivity contribution in [3.63, 3.8) is 0 Å². The van der Waals surface area contributed by atoms with Crippen molar-refractivity contribution in [2.75, 3.05) is 12.4 Å². The third kappa shape index (κ3) is 4.71. The maximum absolute atomic E-state index is 14.5. The highest BCUT2D eigenvalue weighted by Crippen LogP contribution is 2.51. The van der Waals surface area contributed by atoms with E-state index >= 15 is 0 Å². The lowest BCUT2D eigenvalue weighted by Gasteiger charge is -2.28. The number of benzene rings is 1. The van der Waals surface area contributed by atoms with Crippen LogP contribution >= 0.6 is 0 Å². The van der Waals surface area contributed by atoms with Gasteiger partial charge in [0.1, 0.15) is 42.0 Å². The van der Waals surface area contributed by atoms with E-state index in [1.807, 2.05) is 0 Å². The molecule has 6 unspecified atom stereocenters. The average Bonchev–Trinajstić information content (AvgIpc) is 3.58. The molecule has 0 aromatic heterocycles. The van der Waals surface area contributed by atoms with Crippen LogP contribution in [-0.4, -0.2) is 73.3 Å². The van der Waals surface area contributed by atoms with Crippen LogP contribution in [0, 0.1) is 17.7 Å². The predicted octanol–water partition coefficient (Wildman–Crippen LogP) is 1.60. The molecular formula is C24H25FO11S. The molecule has 5 rings (SSSR count). The van der Waals surface area contributed by atoms with E-state index < -0.39 is 88.1 Å². The molecule has 0 amide bonds. The number of fused-ring (bicyclic) bond motifs is 1. The van der Waals surface area contributed by atoms with Crippen molar-refractivity contribution in [1.29, 1.82) is 0 Å². The minimum atomic E-state index is -4.36. The first-order chi connectivity index (χ1) is 17.5. The maximum atomic E-state index is 14.5. The minimum absolute atomic E-state index is 0.0236. The first kappa shape index (κ1) is 25.6. The molecule has 3 aliphatic heterocycles. The molecule has 13 heteroatoms. The van der Waals surface area contributed by atoms with Gasteiger partial charge in [-0.15, -0.1) is 0 Å². The third-order valence-electron chi connectivity index (χ3n) is 7.31. The molecule has 0 radical (unpaired) electrons. The van der Waals surface area contributed by atoms with Crippen LogP contribution in [0.2, 0.25) is 0 Å². The van der Waals surface area contributed by atoms with Crippen molar-refractivity contribution in [2.24, 2.45) is 11.8 Å². The van der Waals surface area contributed by atoms with Gasteiger partial charge >= 0.3 is 17.9 Å². The second kappa shape index (κ2) is 9.37. The lowest BCUT2D eigenvalue weighted by molar-refractivity contribution is -0.155. The van der Waals surface area contributed by atoms with Crippen molar-refractivity contribution in [3.05, 3.63) is 42.2 Å². The summed E-state index contributed by atoms with van der Waals surface area (Å²) in [5.74, 6) is -6.34. The summed E-state index contributed by atoms with van der Waals surface area (Å²) in [6, 6.07) is 3.52. The van der Waals surface area contributed by atoms with Gasteiger partial charge < -0.3 is 23.7 Å². The molecular weight excluding hydrogens is 515 g/mol. The molecule has 1 aromatic rings. The Morgan fingerprint density at radius 2 is 1.95 bits per heavy atom. The molecule has 11 nitrogen and oxygen atoms in total. The number of carbonyl (C=O) groups excluding carboxylic acids is 3. The summed E-state index contributed by atoms with van der Waals surface area (Å²) in [6.45, 7) is 3.16. The van der Waals surface area contributed by atoms with Crippen LogP contribution in [0.4, 0.5) is 4.39 Å². The van der Waals surface area contributed by atoms with E-state index in [2.05, 4.69) is 6.58 Å². The molecule has 0 spiro atoms. The largest absolute Gasteiger partial charge is 0.480 e. The number of carbonyl (C=O) groups is 3. The van der Waals surface area contributed by atoms with E-state index in [9.17, 15) is 27.2 Å². The Hall–Kier alpha value is -3.03. The first-order valence-electron chi connectivity index (χ1n) is 11.8. The summed E-state index contributed by atoms with van der Waals surface area (Å²) in [7, 11) is -4.36. The van der Waals surface area contributed by atoms with Crippen LogP contribution in [0.5, 0.6) is 5.75 Å². The fourth-order valence-corrected chi connectivity index (χ4v) is 5.82. The van der Waals surface area contributed by atoms with Crippen LogP contribution in [0.1, 0.15) is 36.0 Å². The van der Waals surface area contributed by atoms with E-state index in [1.54, 1.807) is 6.08 Å². The highest BCUT2D eigenvalue weighted by molar-refractivity contribution is 7.85. The standard InChI is InChI=1S/C24H25FO11S/c1-2-24(7-3-4-8-24)36-14-11-12(5-6-13(14)25)21(26)34-19-17-15(22(27)32-9-10-37(29,30)31)16-18(33-17)20(19)35-23(16)28/h2,5-6,11,15-20H,1,3-4,7-10H2,(H,29,30,31). The monoisotopic (exact) mass is 540 g/mol. The van der Waals surface area contributed by atoms with Gasteiger partial charge in [-0.3, -0.25) is 14.1 Å². The zero-order valence-corrected chi connectivity index (χ0v) is 20.4. The van der Waals surface area contributed by atoms with Gasteiger partial charge in [-0.2, -0.15) is 8.42 Å². The quantitative estimate of drug-likeness (QED) is 0.210. The second-order valence-corrected chi connectivity index (χ2v) is 11.1. The van der Waals surface area contributed by atoms with Gasteiger partial charge in [0, 0.05) is 0 Å². The zero-order chi connectivity index (χ0) is 26.5. The summed E-state index contributed by atoms with van der Waals surface area (Å²) >= 11 is 0. The van der Waals surface area contributed by atoms with Gasteiger partial charge in [-0.05, 0) is 50.0 Å². The Balaban J connectivity index is 1.31. The van der Waals surface area contributed by atoms with Crippen LogP contribution in [-0.2, 0) is 38.7 Å². The number of hydrogen-bond donors (Lipinski definition) is 1. The second-order valence-electron chi connectivity index (χ2n) is 9.57. The van der Waals surface area contributed by atoms with E-state index in [-0.39, 0.29) is 11.3 Å². The maximum Gasteiger partial charge on any atom is 0.338 e. The molecule has 1 N–H and O–H groups in total. The lowest BCUT2D eigenvalue weighted by atomic mass is 9.78. The topological polar surface area (TPSA) is 152 Å². The van der Waals surface area contributed by atoms with Gasteiger partial charge in [-0.1, -0.05) is 6.58 Å². The summed E-state index contributed by atoms with van der Waals surface area (Å²) in [5, 5.41) is 0. The molecule has 4 fully saturated rings. The van der Waals surface area contributed by atoms with Crippen LogP contribution < -0.4 is 4.74 Å². The molecule has 200 valence electrons. The van der Waals surface area contributed by atoms with Crippen molar-refractivity contribution < 1.29 is 55.4 Å². The van der Waals surface area contributed by atoms with Gasteiger partial charge in [-0.25, -0.2) is 9.18 Å². The average molecular weight is 541 g/mol. The molecule has 37 heavy (non-hydrogen) atoms. The molecule has 4 aliphatic rings. The first-order valence-corrected chi connectivity index (χ1v) is 13.4. The summed E-state index contributed by atoms with van der Waals surface area (Å²) < 4.78 is 72.6. The van der Waals surface area contributed by atoms with Crippen molar-refractivity contribution in [3.8, 4) is 5.75 Å². The van der Waals surface area contributed by atoms with Gasteiger partial charge in [0.15, 0.2) is 23.8 Å². The number of hydrogen-bond acceptors (Lipinski definition) is 10. The molecule has 1 aromatic carbocycles. The van der Waals surface area contributed by atoms with E-state index in [0.29, 0.717) is 12.8 Å². The van der Waals surface area contributed by atoms with Crippen molar-refractivity contribution in [2.45, 2.75) is 55.7 Å². The normalized spacial score (nSPS) is 31.1. The summed E-state index contributed by atoms with van der Waals surface area (Å²) in [6.07, 6.45) is 0.766. The van der Waals surface area contributed by atoms with Gasteiger partial charge in [0.25, 0.3) is 10.1 Å². The van der Waals surface area contributed by atoms with Gasteiger partial charge in [0.05, 0.1) is 5.56 Å². The van der Waals surface area contributed by atoms with E-state index in [4.69, 9.17) is 28.2 Å². The lowest BCUT2D eigenvalue weighted by Crippen LogP contribution is -2.48. The third-order valence-corrected chi connectivity index (χ3v) is 7.99. The zero-order valence-electron chi connectivity index (χ0n) is 19.5. The molecule has 1 saturated carbocycles. The smallest absolute Gasteiger partial charge is 0.338 e. The fraction of sp³-hybridized carbons (Fsp3) is 0.542. The summed E-state index contributed by atoms with van der Waals surface area (Å²) in [4.78, 5) is 38.1. The SMILES string of the molecule is C=CC1(Oc2cc(C(=O)OC3C4OC(=O)C5C4OC3C5C(=O)OCCS(=O)(=O)O)ccc2F)CCCC1. The molecule has 6 atom stereocenters.